The summed E-state index contributed by atoms with van der Waals surface area (Å²) in [6.45, 7) is 0.450. The van der Waals surface area contributed by atoms with E-state index in [0.717, 1.165) is 16.5 Å². The van der Waals surface area contributed by atoms with E-state index in [9.17, 15) is 23.5 Å². The lowest BCUT2D eigenvalue weighted by molar-refractivity contribution is 0.00302. The zero-order valence-electron chi connectivity index (χ0n) is 20.6. The monoisotopic (exact) mass is 517 g/mol. The number of fused-ring (bicyclic) bond motifs is 4. The molecular weight excluding hydrogens is 492 g/mol. The number of aromatic amines is 1. The Hall–Kier alpha value is -4.24. The van der Waals surface area contributed by atoms with Gasteiger partial charge in [0.2, 0.25) is 0 Å². The van der Waals surface area contributed by atoms with E-state index in [4.69, 9.17) is 4.74 Å². The molecule has 7 nitrogen and oxygen atoms in total. The van der Waals surface area contributed by atoms with E-state index >= 15 is 0 Å². The molecule has 1 saturated heterocycles. The SMILES string of the molecule is COc1ccc2c3c([nH]c2c1)[C@@H](CO)N(C(=O)c1cccc(F)c1)CC31CN(C(=O)c2cccc(F)c2)C1. The van der Waals surface area contributed by atoms with Gasteiger partial charge in [-0.1, -0.05) is 12.1 Å². The Bertz CT molecular complexity index is 1580. The fourth-order valence-electron chi connectivity index (χ4n) is 5.90. The highest BCUT2D eigenvalue weighted by Crippen LogP contribution is 2.49. The number of halogens is 2. The summed E-state index contributed by atoms with van der Waals surface area (Å²) in [4.78, 5) is 33.4. The fourth-order valence-corrected chi connectivity index (χ4v) is 5.90. The maximum Gasteiger partial charge on any atom is 0.254 e. The number of carbonyl (C=O) groups is 2. The van der Waals surface area contributed by atoms with Crippen LogP contribution >= 0.6 is 0 Å². The molecule has 2 amide bonds. The van der Waals surface area contributed by atoms with Crippen LogP contribution in [0.1, 0.15) is 38.0 Å². The van der Waals surface area contributed by atoms with Crippen molar-refractivity contribution in [2.45, 2.75) is 11.5 Å². The van der Waals surface area contributed by atoms with Crippen LogP contribution in [-0.4, -0.2) is 65.1 Å². The summed E-state index contributed by atoms with van der Waals surface area (Å²) in [6, 6.07) is 15.9. The molecule has 0 radical (unpaired) electrons. The minimum atomic E-state index is -0.697. The molecule has 2 aliphatic heterocycles. The van der Waals surface area contributed by atoms with E-state index in [1.807, 2.05) is 18.2 Å². The summed E-state index contributed by atoms with van der Waals surface area (Å²) in [5, 5.41) is 11.4. The number of nitrogens with zero attached hydrogens (tertiary/aromatic N) is 2. The van der Waals surface area contributed by atoms with Gasteiger partial charge in [0.15, 0.2) is 0 Å². The molecule has 3 aromatic carbocycles. The number of hydrogen-bond donors (Lipinski definition) is 2. The van der Waals surface area contributed by atoms with Gasteiger partial charge in [0.1, 0.15) is 17.4 Å². The molecule has 2 N–H and O–H groups in total. The Morgan fingerprint density at radius 1 is 0.974 bits per heavy atom. The van der Waals surface area contributed by atoms with Crippen LogP contribution in [-0.2, 0) is 5.41 Å². The van der Waals surface area contributed by atoms with Crippen molar-refractivity contribution < 1.29 is 28.2 Å². The second kappa shape index (κ2) is 8.95. The summed E-state index contributed by atoms with van der Waals surface area (Å²) in [6.07, 6.45) is 0. The van der Waals surface area contributed by atoms with Gasteiger partial charge in [-0.15, -0.1) is 0 Å². The lowest BCUT2D eigenvalue weighted by Gasteiger charge is -2.56. The average molecular weight is 518 g/mol. The van der Waals surface area contributed by atoms with Crippen LogP contribution < -0.4 is 4.74 Å². The molecule has 6 rings (SSSR count). The molecule has 4 aromatic rings. The van der Waals surface area contributed by atoms with Crippen LogP contribution in [0.2, 0.25) is 0 Å². The number of H-pyrrole nitrogens is 1. The van der Waals surface area contributed by atoms with Crippen molar-refractivity contribution in [2.24, 2.45) is 0 Å². The second-order valence-electron chi connectivity index (χ2n) is 9.92. The summed E-state index contributed by atoms with van der Waals surface area (Å²) in [7, 11) is 1.57. The third kappa shape index (κ3) is 3.73. The van der Waals surface area contributed by atoms with Crippen LogP contribution in [0, 0.1) is 11.6 Å². The minimum absolute atomic E-state index is 0.173. The van der Waals surface area contributed by atoms with E-state index in [0.29, 0.717) is 24.5 Å². The van der Waals surface area contributed by atoms with E-state index < -0.39 is 29.0 Å². The van der Waals surface area contributed by atoms with Gasteiger partial charge in [0.05, 0.1) is 25.2 Å². The highest BCUT2D eigenvalue weighted by Gasteiger charge is 2.55. The Morgan fingerprint density at radius 3 is 2.24 bits per heavy atom. The van der Waals surface area contributed by atoms with Crippen molar-refractivity contribution >= 4 is 22.7 Å². The van der Waals surface area contributed by atoms with Gasteiger partial charge in [-0.05, 0) is 54.1 Å². The topological polar surface area (TPSA) is 85.9 Å². The largest absolute Gasteiger partial charge is 0.497 e. The van der Waals surface area contributed by atoms with Crippen LogP contribution in [0.5, 0.6) is 5.75 Å². The van der Waals surface area contributed by atoms with E-state index in [1.165, 1.54) is 36.4 Å². The molecule has 1 fully saturated rings. The maximum atomic E-state index is 14.0. The van der Waals surface area contributed by atoms with Crippen molar-refractivity contribution in [1.82, 2.24) is 14.8 Å². The number of nitrogens with one attached hydrogen (secondary N) is 1. The van der Waals surface area contributed by atoms with Gasteiger partial charge in [-0.25, -0.2) is 8.78 Å². The molecule has 1 spiro atoms. The molecule has 9 heteroatoms. The molecule has 194 valence electrons. The first-order valence-corrected chi connectivity index (χ1v) is 12.3. The van der Waals surface area contributed by atoms with Gasteiger partial charge in [-0.3, -0.25) is 9.59 Å². The minimum Gasteiger partial charge on any atom is -0.497 e. The molecule has 3 heterocycles. The number of aromatic nitrogens is 1. The Labute approximate surface area is 217 Å². The first-order valence-electron chi connectivity index (χ1n) is 12.3. The number of ether oxygens (including phenoxy) is 1. The molecule has 1 atom stereocenters. The number of aliphatic hydroxyl groups excluding tert-OH is 1. The summed E-state index contributed by atoms with van der Waals surface area (Å²) in [5.74, 6) is -1.09. The van der Waals surface area contributed by atoms with Gasteiger partial charge >= 0.3 is 0 Å². The van der Waals surface area contributed by atoms with Crippen LogP contribution in [0.15, 0.2) is 66.7 Å². The lowest BCUT2D eigenvalue weighted by atomic mass is 9.68. The first-order chi connectivity index (χ1) is 18.3. The second-order valence-corrected chi connectivity index (χ2v) is 9.92. The van der Waals surface area contributed by atoms with Crippen molar-refractivity contribution in [3.05, 3.63) is 101 Å². The Morgan fingerprint density at radius 2 is 1.63 bits per heavy atom. The molecule has 0 saturated carbocycles. The van der Waals surface area contributed by atoms with Crippen LogP contribution in [0.4, 0.5) is 8.78 Å². The molecule has 38 heavy (non-hydrogen) atoms. The fraction of sp³-hybridized carbons (Fsp3) is 0.241. The normalized spacial score (nSPS) is 17.8. The predicted octanol–water partition coefficient (Wildman–Crippen LogP) is 4.04. The van der Waals surface area contributed by atoms with E-state index in [-0.39, 0.29) is 30.2 Å². The Kier molecular flexibility index (Phi) is 5.68. The molecule has 1 aromatic heterocycles. The number of hydrogen-bond acceptors (Lipinski definition) is 4. The number of carbonyl (C=O) groups excluding carboxylic acids is 2. The molecule has 0 bridgehead atoms. The van der Waals surface area contributed by atoms with Crippen molar-refractivity contribution in [2.75, 3.05) is 33.4 Å². The van der Waals surface area contributed by atoms with Crippen molar-refractivity contribution in [3.63, 3.8) is 0 Å². The van der Waals surface area contributed by atoms with Crippen molar-refractivity contribution in [3.8, 4) is 5.75 Å². The quantitative estimate of drug-likeness (QED) is 0.428. The van der Waals surface area contributed by atoms with Gasteiger partial charge < -0.3 is 24.6 Å². The zero-order chi connectivity index (χ0) is 26.6. The lowest BCUT2D eigenvalue weighted by Crippen LogP contribution is -2.68. The molecular formula is C29H25F2N3O4. The summed E-state index contributed by atoms with van der Waals surface area (Å²) in [5.41, 5.74) is 2.17. The third-order valence-electron chi connectivity index (χ3n) is 7.60. The highest BCUT2D eigenvalue weighted by atomic mass is 19.1. The molecule has 0 unspecified atom stereocenters. The van der Waals surface area contributed by atoms with Crippen LogP contribution in [0.3, 0.4) is 0 Å². The zero-order valence-corrected chi connectivity index (χ0v) is 20.6. The van der Waals surface area contributed by atoms with E-state index in [2.05, 4.69) is 4.98 Å². The maximum absolute atomic E-state index is 14.0. The summed E-state index contributed by atoms with van der Waals surface area (Å²) >= 11 is 0. The standard InChI is InChI=1S/C29H25F2N3O4/c1-38-21-8-9-22-23(12-21)32-26-24(13-35)34(28(37)18-5-3-7-20(31)11-18)16-29(25(22)26)14-33(15-29)27(36)17-4-2-6-19(30)10-17/h2-12,24,32,35H,13-16H2,1H3/t24-/m1/s1. The Balaban J connectivity index is 1.44. The smallest absolute Gasteiger partial charge is 0.254 e. The van der Waals surface area contributed by atoms with Crippen LogP contribution in [0.25, 0.3) is 10.9 Å². The number of likely N-dealkylation sites (tertiary alicyclic amines) is 1. The number of aliphatic hydroxyl groups is 1. The highest BCUT2D eigenvalue weighted by molar-refractivity contribution is 5.97. The van der Waals surface area contributed by atoms with Gasteiger partial charge in [0.25, 0.3) is 11.8 Å². The number of amides is 2. The number of rotatable bonds is 4. The molecule has 2 aliphatic rings. The third-order valence-corrected chi connectivity index (χ3v) is 7.60. The van der Waals surface area contributed by atoms with Gasteiger partial charge in [-0.2, -0.15) is 0 Å². The van der Waals surface area contributed by atoms with E-state index in [1.54, 1.807) is 29.0 Å². The average Bonchev–Trinajstić information content (AvgIpc) is 3.29. The first kappa shape index (κ1) is 24.1. The predicted molar refractivity (Wildman–Crippen MR) is 136 cm³/mol. The van der Waals surface area contributed by atoms with Gasteiger partial charge in [0, 0.05) is 53.4 Å². The van der Waals surface area contributed by atoms with Crippen molar-refractivity contribution in [1.29, 1.82) is 0 Å². The number of methoxy groups -OCH3 is 1. The summed E-state index contributed by atoms with van der Waals surface area (Å²) < 4.78 is 33.1. The number of benzene rings is 3. The molecule has 0 aliphatic carbocycles.